The van der Waals surface area contributed by atoms with Gasteiger partial charge in [-0.1, -0.05) is 6.07 Å². The molecule has 5 nitrogen and oxygen atoms in total. The summed E-state index contributed by atoms with van der Waals surface area (Å²) >= 11 is 0. The van der Waals surface area contributed by atoms with Crippen LogP contribution in [0.15, 0.2) is 41.3 Å². The van der Waals surface area contributed by atoms with E-state index in [1.165, 1.54) is 6.07 Å². The molecule has 8 heteroatoms. The monoisotopic (exact) mass is 408 g/mol. The number of rotatable bonds is 4. The van der Waals surface area contributed by atoms with Gasteiger partial charge >= 0.3 is 10.1 Å². The quantitative estimate of drug-likeness (QED) is 0.784. The number of nitrogens with zero attached hydrogens (tertiary/aromatic N) is 1. The summed E-state index contributed by atoms with van der Waals surface area (Å²) in [6.45, 7) is 2.86. The number of likely N-dealkylation sites (tertiary alicyclic amines) is 1. The van der Waals surface area contributed by atoms with Crippen molar-refractivity contribution in [3.05, 3.63) is 53.6 Å². The number of nitrogens with one attached hydrogen (secondary N) is 1. The van der Waals surface area contributed by atoms with Gasteiger partial charge < -0.3 is 14.4 Å². The van der Waals surface area contributed by atoms with E-state index in [1.54, 1.807) is 12.1 Å². The highest BCUT2D eigenvalue weighted by Gasteiger charge is 2.33. The standard InChI is InChI=1S/C20H22F2N2O3S/c1-24-9-7-13(8-10-24)16-12-23-19-6-5-14(11-15(16)19)27-28(25,26)20-17(21)3-2-4-18(20)22/h2-6,11,13,16,23H,7-10,12H2,1H3. The molecule has 2 heterocycles. The minimum atomic E-state index is -4.62. The Morgan fingerprint density at radius 3 is 2.46 bits per heavy atom. The Morgan fingerprint density at radius 2 is 1.79 bits per heavy atom. The molecule has 0 aliphatic carbocycles. The molecule has 1 unspecified atom stereocenters. The van der Waals surface area contributed by atoms with E-state index in [0.717, 1.165) is 61.9 Å². The minimum absolute atomic E-state index is 0.0584. The van der Waals surface area contributed by atoms with Gasteiger partial charge in [0.25, 0.3) is 0 Å². The fourth-order valence-corrected chi connectivity index (χ4v) is 5.19. The highest BCUT2D eigenvalue weighted by molar-refractivity contribution is 7.87. The predicted octanol–water partition coefficient (Wildman–Crippen LogP) is 3.58. The second-order valence-electron chi connectivity index (χ2n) is 7.47. The molecule has 2 aliphatic heterocycles. The van der Waals surface area contributed by atoms with Gasteiger partial charge in [0.2, 0.25) is 0 Å². The van der Waals surface area contributed by atoms with E-state index in [4.69, 9.17) is 4.18 Å². The van der Waals surface area contributed by atoms with Crippen molar-refractivity contribution in [2.24, 2.45) is 5.92 Å². The Hall–Kier alpha value is -2.19. The molecule has 0 amide bonds. The molecule has 2 aromatic carbocycles. The second-order valence-corrected chi connectivity index (χ2v) is 8.95. The average molecular weight is 408 g/mol. The minimum Gasteiger partial charge on any atom is -0.384 e. The molecule has 0 spiro atoms. The maximum absolute atomic E-state index is 13.9. The molecule has 0 radical (unpaired) electrons. The van der Waals surface area contributed by atoms with Crippen molar-refractivity contribution in [2.75, 3.05) is 32.0 Å². The summed E-state index contributed by atoms with van der Waals surface area (Å²) in [5.41, 5.74) is 1.95. The Balaban J connectivity index is 1.60. The zero-order chi connectivity index (χ0) is 19.9. The molecule has 2 aromatic rings. The zero-order valence-electron chi connectivity index (χ0n) is 15.5. The van der Waals surface area contributed by atoms with Crippen LogP contribution in [-0.2, 0) is 10.1 Å². The van der Waals surface area contributed by atoms with Crippen LogP contribution < -0.4 is 9.50 Å². The van der Waals surface area contributed by atoms with Crippen molar-refractivity contribution in [2.45, 2.75) is 23.7 Å². The average Bonchev–Trinajstić information content (AvgIpc) is 3.05. The van der Waals surface area contributed by atoms with Crippen LogP contribution in [0.4, 0.5) is 14.5 Å². The molecule has 1 saturated heterocycles. The third-order valence-electron chi connectivity index (χ3n) is 5.64. The van der Waals surface area contributed by atoms with Gasteiger partial charge in [0.15, 0.2) is 4.90 Å². The number of halogens is 2. The number of hydrogen-bond acceptors (Lipinski definition) is 5. The van der Waals surface area contributed by atoms with Crippen LogP contribution in [0, 0.1) is 17.6 Å². The lowest BCUT2D eigenvalue weighted by Gasteiger charge is -2.32. The smallest absolute Gasteiger partial charge is 0.345 e. The van der Waals surface area contributed by atoms with Crippen LogP contribution in [0.3, 0.4) is 0 Å². The van der Waals surface area contributed by atoms with Gasteiger partial charge in [0.05, 0.1) is 0 Å². The Morgan fingerprint density at radius 1 is 1.11 bits per heavy atom. The van der Waals surface area contributed by atoms with Crippen LogP contribution >= 0.6 is 0 Å². The van der Waals surface area contributed by atoms with Gasteiger partial charge in [-0.25, -0.2) is 8.78 Å². The molecule has 4 rings (SSSR count). The summed E-state index contributed by atoms with van der Waals surface area (Å²) in [5, 5.41) is 3.36. The Bertz CT molecular complexity index is 969. The van der Waals surface area contributed by atoms with Crippen molar-refractivity contribution in [3.63, 3.8) is 0 Å². The lowest BCUT2D eigenvalue weighted by Crippen LogP contribution is -2.33. The van der Waals surface area contributed by atoms with Gasteiger partial charge in [-0.3, -0.25) is 0 Å². The van der Waals surface area contributed by atoms with Crippen molar-refractivity contribution < 1.29 is 21.4 Å². The highest BCUT2D eigenvalue weighted by Crippen LogP contribution is 2.42. The molecule has 150 valence electrons. The molecular formula is C20H22F2N2O3S. The molecular weight excluding hydrogens is 386 g/mol. The van der Waals surface area contributed by atoms with E-state index in [9.17, 15) is 17.2 Å². The number of anilines is 1. The largest absolute Gasteiger partial charge is 0.384 e. The van der Waals surface area contributed by atoms with Gasteiger partial charge in [0.1, 0.15) is 17.4 Å². The van der Waals surface area contributed by atoms with Crippen LogP contribution in [0.1, 0.15) is 24.3 Å². The van der Waals surface area contributed by atoms with Crippen LogP contribution in [-0.4, -0.2) is 40.0 Å². The first-order valence-electron chi connectivity index (χ1n) is 9.30. The first kappa shape index (κ1) is 19.1. The fourth-order valence-electron chi connectivity index (χ4n) is 4.13. The summed E-state index contributed by atoms with van der Waals surface area (Å²) in [6, 6.07) is 7.82. The molecule has 0 aromatic heterocycles. The second kappa shape index (κ2) is 7.33. The lowest BCUT2D eigenvalue weighted by atomic mass is 9.81. The number of piperidine rings is 1. The summed E-state index contributed by atoms with van der Waals surface area (Å²) < 4.78 is 57.7. The molecule has 28 heavy (non-hydrogen) atoms. The zero-order valence-corrected chi connectivity index (χ0v) is 16.3. The van der Waals surface area contributed by atoms with Gasteiger partial charge in [0, 0.05) is 18.2 Å². The maximum atomic E-state index is 13.9. The fraction of sp³-hybridized carbons (Fsp3) is 0.400. The SMILES string of the molecule is CN1CCC(C2CNc3ccc(OS(=O)(=O)c4c(F)cccc4F)cc32)CC1. The third-order valence-corrected chi connectivity index (χ3v) is 6.94. The summed E-state index contributed by atoms with van der Waals surface area (Å²) in [7, 11) is -2.51. The van der Waals surface area contributed by atoms with Crippen LogP contribution in [0.5, 0.6) is 5.75 Å². The lowest BCUT2D eigenvalue weighted by molar-refractivity contribution is 0.202. The highest BCUT2D eigenvalue weighted by atomic mass is 32.2. The van der Waals surface area contributed by atoms with Crippen molar-refractivity contribution in [1.82, 2.24) is 4.90 Å². The van der Waals surface area contributed by atoms with Gasteiger partial charge in [-0.05, 0) is 74.8 Å². The van der Waals surface area contributed by atoms with E-state index in [0.29, 0.717) is 5.92 Å². The summed E-state index contributed by atoms with van der Waals surface area (Å²) in [6.07, 6.45) is 2.15. The molecule has 0 bridgehead atoms. The number of fused-ring (bicyclic) bond motifs is 1. The van der Waals surface area contributed by atoms with E-state index < -0.39 is 26.6 Å². The Labute approximate surface area is 163 Å². The van der Waals surface area contributed by atoms with Crippen LogP contribution in [0.2, 0.25) is 0 Å². The maximum Gasteiger partial charge on any atom is 0.345 e. The van der Waals surface area contributed by atoms with E-state index in [2.05, 4.69) is 17.3 Å². The topological polar surface area (TPSA) is 58.6 Å². The number of benzene rings is 2. The van der Waals surface area contributed by atoms with Crippen LogP contribution in [0.25, 0.3) is 0 Å². The molecule has 1 N–H and O–H groups in total. The third kappa shape index (κ3) is 3.58. The van der Waals surface area contributed by atoms with Gasteiger partial charge in [-0.2, -0.15) is 8.42 Å². The van der Waals surface area contributed by atoms with Crippen molar-refractivity contribution >= 4 is 15.8 Å². The van der Waals surface area contributed by atoms with E-state index in [1.807, 2.05) is 0 Å². The normalized spacial score (nSPS) is 20.6. The molecule has 2 aliphatic rings. The Kier molecular flexibility index (Phi) is 5.01. The van der Waals surface area contributed by atoms with Gasteiger partial charge in [-0.15, -0.1) is 0 Å². The summed E-state index contributed by atoms with van der Waals surface area (Å²) in [4.78, 5) is 1.23. The number of hydrogen-bond donors (Lipinski definition) is 1. The van der Waals surface area contributed by atoms with Crippen molar-refractivity contribution in [3.8, 4) is 5.75 Å². The molecule has 0 saturated carbocycles. The first-order chi connectivity index (χ1) is 13.3. The molecule has 1 fully saturated rings. The van der Waals surface area contributed by atoms with Crippen molar-refractivity contribution in [1.29, 1.82) is 0 Å². The predicted molar refractivity (Wildman–Crippen MR) is 102 cm³/mol. The summed E-state index contributed by atoms with van der Waals surface area (Å²) in [5.74, 6) is -1.52. The van der Waals surface area contributed by atoms with E-state index in [-0.39, 0.29) is 11.7 Å². The first-order valence-corrected chi connectivity index (χ1v) is 10.7. The van der Waals surface area contributed by atoms with E-state index >= 15 is 0 Å². The molecule has 1 atom stereocenters.